The van der Waals surface area contributed by atoms with Crippen molar-refractivity contribution in [2.45, 2.75) is 24.1 Å². The molecule has 24 heavy (non-hydrogen) atoms. The van der Waals surface area contributed by atoms with Crippen molar-refractivity contribution in [3.05, 3.63) is 23.8 Å². The molecule has 0 radical (unpaired) electrons. The molecule has 3 rings (SSSR count). The highest BCUT2D eigenvalue weighted by Crippen LogP contribution is 2.34. The summed E-state index contributed by atoms with van der Waals surface area (Å²) in [6.07, 6.45) is 0. The van der Waals surface area contributed by atoms with Crippen molar-refractivity contribution in [2.24, 2.45) is 0 Å². The van der Waals surface area contributed by atoms with Gasteiger partial charge < -0.3 is 19.9 Å². The van der Waals surface area contributed by atoms with Crippen molar-refractivity contribution < 1.29 is 19.2 Å². The minimum Gasteiger partial charge on any atom is -0.370 e. The van der Waals surface area contributed by atoms with Gasteiger partial charge in [0.25, 0.3) is 11.8 Å². The highest BCUT2D eigenvalue weighted by molar-refractivity contribution is 8.00. The van der Waals surface area contributed by atoms with E-state index in [-0.39, 0.29) is 17.2 Å². The van der Waals surface area contributed by atoms with Gasteiger partial charge in [-0.15, -0.1) is 0 Å². The zero-order chi connectivity index (χ0) is 17.1. The molecule has 0 aliphatic carbocycles. The number of amides is 2. The lowest BCUT2D eigenvalue weighted by molar-refractivity contribution is -0.909. The molecule has 2 aliphatic heterocycles. The Hall–Kier alpha value is -1.57. The van der Waals surface area contributed by atoms with E-state index in [2.05, 4.69) is 5.32 Å². The Bertz CT molecular complexity index is 628. The number of hydrogen-bond donors (Lipinski definition) is 2. The Morgan fingerprint density at radius 1 is 1.33 bits per heavy atom. The van der Waals surface area contributed by atoms with Crippen molar-refractivity contribution in [3.63, 3.8) is 0 Å². The van der Waals surface area contributed by atoms with E-state index in [1.807, 2.05) is 26.0 Å². The van der Waals surface area contributed by atoms with E-state index in [9.17, 15) is 9.59 Å². The van der Waals surface area contributed by atoms with E-state index in [0.717, 1.165) is 23.7 Å². The van der Waals surface area contributed by atoms with Gasteiger partial charge in [0, 0.05) is 23.5 Å². The number of carbonyl (C=O) groups is 2. The van der Waals surface area contributed by atoms with Gasteiger partial charge in [-0.2, -0.15) is 0 Å². The van der Waals surface area contributed by atoms with Crippen LogP contribution >= 0.6 is 11.8 Å². The second-order valence-electron chi connectivity index (χ2n) is 5.95. The number of hydrogen-bond acceptors (Lipinski definition) is 4. The zero-order valence-electron chi connectivity index (χ0n) is 14.1. The largest absolute Gasteiger partial charge is 0.370 e. The van der Waals surface area contributed by atoms with Crippen LogP contribution in [0.25, 0.3) is 0 Å². The van der Waals surface area contributed by atoms with Crippen LogP contribution in [0.3, 0.4) is 0 Å². The van der Waals surface area contributed by atoms with Crippen LogP contribution in [0.5, 0.6) is 0 Å². The average molecular weight is 350 g/mol. The molecular formula is C17H24N3O3S+. The molecule has 0 aromatic heterocycles. The molecule has 2 N–H and O–H groups in total. The summed E-state index contributed by atoms with van der Waals surface area (Å²) < 4.78 is 5.38. The lowest BCUT2D eigenvalue weighted by Crippen LogP contribution is -3.18. The molecule has 7 heteroatoms. The number of quaternary nitrogens is 1. The van der Waals surface area contributed by atoms with Crippen molar-refractivity contribution in [1.29, 1.82) is 0 Å². The van der Waals surface area contributed by atoms with Crippen molar-refractivity contribution in [2.75, 3.05) is 44.7 Å². The Labute approximate surface area is 146 Å². The van der Waals surface area contributed by atoms with Crippen LogP contribution < -0.4 is 10.2 Å². The lowest BCUT2D eigenvalue weighted by atomic mass is 10.1. The van der Waals surface area contributed by atoms with Crippen LogP contribution in [-0.4, -0.2) is 61.5 Å². The molecular weight excluding hydrogens is 326 g/mol. The Kier molecular flexibility index (Phi) is 5.43. The lowest BCUT2D eigenvalue weighted by Gasteiger charge is -2.33. The normalized spacial score (nSPS) is 21.1. The van der Waals surface area contributed by atoms with Gasteiger partial charge in [-0.25, -0.2) is 0 Å². The first kappa shape index (κ1) is 17.3. The van der Waals surface area contributed by atoms with Crippen LogP contribution in [0, 0.1) is 0 Å². The smallest absolute Gasteiger partial charge is 0.294 e. The molecule has 2 aliphatic rings. The SMILES string of the molecule is CCN(CC)C(=O)c1ccc2c(c1)NC(=O)C([NH+]1CCOCC1)S2. The van der Waals surface area contributed by atoms with Gasteiger partial charge in [-0.3, -0.25) is 9.59 Å². The molecule has 2 amide bonds. The second-order valence-corrected chi connectivity index (χ2v) is 7.09. The molecule has 1 fully saturated rings. The maximum Gasteiger partial charge on any atom is 0.294 e. The molecule has 1 aromatic carbocycles. The van der Waals surface area contributed by atoms with Crippen molar-refractivity contribution >= 4 is 29.3 Å². The minimum atomic E-state index is -0.147. The maximum atomic E-state index is 12.5. The number of ether oxygens (including phenoxy) is 1. The number of fused-ring (bicyclic) bond motifs is 1. The molecule has 2 heterocycles. The number of benzene rings is 1. The number of nitrogens with one attached hydrogen (secondary N) is 2. The van der Waals surface area contributed by atoms with Crippen LogP contribution in [0.1, 0.15) is 24.2 Å². The third-order valence-corrected chi connectivity index (χ3v) is 5.92. The first-order valence-electron chi connectivity index (χ1n) is 8.47. The quantitative estimate of drug-likeness (QED) is 0.828. The fraction of sp³-hybridized carbons (Fsp3) is 0.529. The van der Waals surface area contributed by atoms with Gasteiger partial charge >= 0.3 is 0 Å². The first-order valence-corrected chi connectivity index (χ1v) is 9.35. The van der Waals surface area contributed by atoms with E-state index < -0.39 is 0 Å². The van der Waals surface area contributed by atoms with E-state index >= 15 is 0 Å². The number of thioether (sulfide) groups is 1. The Morgan fingerprint density at radius 2 is 2.04 bits per heavy atom. The number of morpholine rings is 1. The van der Waals surface area contributed by atoms with Gasteiger partial charge in [0.15, 0.2) is 0 Å². The maximum absolute atomic E-state index is 12.5. The van der Waals surface area contributed by atoms with E-state index in [0.29, 0.717) is 31.9 Å². The summed E-state index contributed by atoms with van der Waals surface area (Å²) in [5, 5.41) is 2.84. The third-order valence-electron chi connectivity index (χ3n) is 4.52. The number of carbonyl (C=O) groups excluding carboxylic acids is 2. The fourth-order valence-corrected chi connectivity index (χ4v) is 4.31. The average Bonchev–Trinajstić information content (AvgIpc) is 2.62. The minimum absolute atomic E-state index is 0.00276. The summed E-state index contributed by atoms with van der Waals surface area (Å²) in [5.41, 5.74) is 1.36. The number of anilines is 1. The van der Waals surface area contributed by atoms with Gasteiger partial charge in [-0.05, 0) is 32.0 Å². The predicted molar refractivity (Wildman–Crippen MR) is 93.5 cm³/mol. The fourth-order valence-electron chi connectivity index (χ4n) is 3.10. The van der Waals surface area contributed by atoms with Crippen LogP contribution in [0.15, 0.2) is 23.1 Å². The van der Waals surface area contributed by atoms with Crippen molar-refractivity contribution in [3.8, 4) is 0 Å². The molecule has 6 nitrogen and oxygen atoms in total. The van der Waals surface area contributed by atoms with Gasteiger partial charge in [0.05, 0.1) is 18.9 Å². The van der Waals surface area contributed by atoms with Gasteiger partial charge in [0.1, 0.15) is 13.1 Å². The topological polar surface area (TPSA) is 63.1 Å². The second kappa shape index (κ2) is 7.55. The summed E-state index contributed by atoms with van der Waals surface area (Å²) in [6, 6.07) is 5.60. The molecule has 1 saturated heterocycles. The molecule has 1 unspecified atom stereocenters. The molecule has 1 atom stereocenters. The standard InChI is InChI=1S/C17H23N3O3S/c1-3-19(4-2)16(22)12-5-6-14-13(11-12)18-15(21)17(24-14)20-7-9-23-10-8-20/h5-6,11,17H,3-4,7-10H2,1-2H3,(H,18,21)/p+1. The van der Waals surface area contributed by atoms with E-state index in [1.54, 1.807) is 22.7 Å². The van der Waals surface area contributed by atoms with Gasteiger partial charge in [0.2, 0.25) is 5.37 Å². The first-order chi connectivity index (χ1) is 11.6. The summed E-state index contributed by atoms with van der Waals surface area (Å²) in [4.78, 5) is 29.0. The predicted octanol–water partition coefficient (Wildman–Crippen LogP) is 0.454. The van der Waals surface area contributed by atoms with Crippen LogP contribution in [-0.2, 0) is 9.53 Å². The number of rotatable bonds is 4. The zero-order valence-corrected chi connectivity index (χ0v) is 14.9. The molecule has 0 spiro atoms. The summed E-state index contributed by atoms with van der Waals surface area (Å²) in [7, 11) is 0. The Balaban J connectivity index is 1.79. The molecule has 130 valence electrons. The third kappa shape index (κ3) is 3.43. The highest BCUT2D eigenvalue weighted by atomic mass is 32.2. The molecule has 1 aromatic rings. The summed E-state index contributed by atoms with van der Waals surface area (Å²) in [5.74, 6) is 0.0137. The molecule has 0 bridgehead atoms. The van der Waals surface area contributed by atoms with E-state index in [1.165, 1.54) is 4.90 Å². The van der Waals surface area contributed by atoms with Crippen LogP contribution in [0.2, 0.25) is 0 Å². The molecule has 0 saturated carbocycles. The monoisotopic (exact) mass is 350 g/mol. The van der Waals surface area contributed by atoms with Gasteiger partial charge in [-0.1, -0.05) is 11.8 Å². The Morgan fingerprint density at radius 3 is 2.71 bits per heavy atom. The number of nitrogens with zero attached hydrogens (tertiary/aromatic N) is 1. The summed E-state index contributed by atoms with van der Waals surface area (Å²) in [6.45, 7) is 8.37. The van der Waals surface area contributed by atoms with Crippen molar-refractivity contribution in [1.82, 2.24) is 4.90 Å². The summed E-state index contributed by atoms with van der Waals surface area (Å²) >= 11 is 1.58. The van der Waals surface area contributed by atoms with E-state index in [4.69, 9.17) is 4.74 Å². The van der Waals surface area contributed by atoms with Crippen LogP contribution in [0.4, 0.5) is 5.69 Å². The highest BCUT2D eigenvalue weighted by Gasteiger charge is 2.36.